The van der Waals surface area contributed by atoms with E-state index < -0.39 is 8.22 Å². The van der Waals surface area contributed by atoms with Gasteiger partial charge >= 0.3 is 27.7 Å². The predicted molar refractivity (Wildman–Crippen MR) is 144 cm³/mol. The Bertz CT molecular complexity index is 927. The fourth-order valence-corrected chi connectivity index (χ4v) is 8.57. The summed E-state index contributed by atoms with van der Waals surface area (Å²) in [6, 6.07) is 32.4. The Balaban J connectivity index is 0.000000994. The van der Waals surface area contributed by atoms with Crippen molar-refractivity contribution in [3.8, 4) is 0 Å². The fraction of sp³-hybridized carbons (Fsp3) is 0.259. The molecule has 1 heterocycles. The number of nitrogens with zero attached hydrogens (tertiary/aromatic N) is 3. The first-order valence-corrected chi connectivity index (χ1v) is 14.6. The molecule has 2 unspecified atom stereocenters. The quantitative estimate of drug-likeness (QED) is 0.135. The number of rotatable bonds is 5. The molecule has 0 radical (unpaired) electrons. The zero-order valence-electron chi connectivity index (χ0n) is 19.0. The average molecular weight is 571 g/mol. The van der Waals surface area contributed by atoms with Gasteiger partial charge < -0.3 is 7.43 Å². The molecule has 0 N–H and O–H groups in total. The van der Waals surface area contributed by atoms with Gasteiger partial charge in [0.2, 0.25) is 0 Å². The van der Waals surface area contributed by atoms with Gasteiger partial charge in [-0.1, -0.05) is 54.6 Å². The monoisotopic (exact) mass is 570 g/mol. The van der Waals surface area contributed by atoms with Gasteiger partial charge in [-0.2, -0.15) is 0 Å². The van der Waals surface area contributed by atoms with Crippen molar-refractivity contribution in [1.82, 2.24) is 0 Å². The number of halogens is 1. The number of hydrogen-bond acceptors (Lipinski definition) is 3. The van der Waals surface area contributed by atoms with Crippen LogP contribution in [0, 0.1) is 13.3 Å². The van der Waals surface area contributed by atoms with Crippen LogP contribution in [-0.2, 0) is 18.2 Å². The molecule has 0 amide bonds. The zero-order chi connectivity index (χ0) is 22.2. The molecule has 1 saturated carbocycles. The maximum absolute atomic E-state index is 4.86. The summed E-state index contributed by atoms with van der Waals surface area (Å²) in [6.45, 7) is 2.21. The molecule has 2 atom stereocenters. The summed E-state index contributed by atoms with van der Waals surface area (Å²) in [5, 5.41) is 0. The Labute approximate surface area is 215 Å². The molecule has 1 saturated heterocycles. The molecule has 5 rings (SSSR count). The van der Waals surface area contributed by atoms with Crippen molar-refractivity contribution >= 4 is 41.0 Å². The second-order valence-electron chi connectivity index (χ2n) is 8.15. The third-order valence-electron chi connectivity index (χ3n) is 6.31. The van der Waals surface area contributed by atoms with Gasteiger partial charge in [-0.15, -0.1) is 0 Å². The molecule has 2 fully saturated rings. The van der Waals surface area contributed by atoms with E-state index in [1.54, 1.807) is 0 Å². The predicted octanol–water partition coefficient (Wildman–Crippen LogP) is 7.77. The van der Waals surface area contributed by atoms with Crippen LogP contribution in [0.25, 0.3) is 0 Å². The van der Waals surface area contributed by atoms with Crippen LogP contribution >= 0.6 is 17.8 Å². The van der Waals surface area contributed by atoms with E-state index >= 15 is 0 Å². The van der Waals surface area contributed by atoms with Crippen molar-refractivity contribution in [2.75, 3.05) is 22.4 Å². The van der Waals surface area contributed by atoms with Crippen molar-refractivity contribution in [2.45, 2.75) is 24.9 Å². The number of benzene rings is 3. The van der Waals surface area contributed by atoms with Crippen LogP contribution in [0.5, 0.6) is 0 Å². The van der Waals surface area contributed by atoms with E-state index in [4.69, 9.17) is 4.99 Å². The third kappa shape index (κ3) is 6.26. The maximum atomic E-state index is 4.86. The molecule has 3 aromatic carbocycles. The zero-order valence-corrected chi connectivity index (χ0v) is 22.3. The average Bonchev–Trinajstić information content (AvgIpc) is 3.52. The fourth-order valence-electron chi connectivity index (χ4n) is 4.90. The van der Waals surface area contributed by atoms with Crippen LogP contribution in [0.1, 0.15) is 19.3 Å². The first-order chi connectivity index (χ1) is 15.9. The van der Waals surface area contributed by atoms with Crippen molar-refractivity contribution in [1.29, 1.82) is 0 Å². The Kier molecular flexibility index (Phi) is 10.4. The number of aliphatic imine (C=N–C) groups is 1. The van der Waals surface area contributed by atoms with E-state index in [0.717, 1.165) is 18.8 Å². The molecule has 0 spiro atoms. The summed E-state index contributed by atoms with van der Waals surface area (Å²) in [5.41, 5.74) is 4.47. The van der Waals surface area contributed by atoms with E-state index in [1.165, 1.54) is 30.6 Å². The molecule has 33 heavy (non-hydrogen) atoms. The Hall–Kier alpha value is -1.69. The van der Waals surface area contributed by atoms with Gasteiger partial charge in [-0.3, -0.25) is 4.99 Å². The van der Waals surface area contributed by atoms with Gasteiger partial charge in [-0.25, -0.2) is 9.34 Å². The molecule has 0 bridgehead atoms. The Morgan fingerprint density at radius 1 is 0.758 bits per heavy atom. The van der Waals surface area contributed by atoms with E-state index in [2.05, 4.69) is 134 Å². The summed E-state index contributed by atoms with van der Waals surface area (Å²) in [6.07, 6.45) is 6.11. The van der Waals surface area contributed by atoms with Gasteiger partial charge in [0, 0.05) is 12.1 Å². The summed E-state index contributed by atoms with van der Waals surface area (Å²) >= 11 is 2.22. The summed E-state index contributed by atoms with van der Waals surface area (Å²) in [5.74, 6) is 0.551. The van der Waals surface area contributed by atoms with E-state index in [9.17, 15) is 0 Å². The van der Waals surface area contributed by atoms with Crippen LogP contribution in [0.15, 0.2) is 96.0 Å². The molecule has 1 aliphatic carbocycles. The normalized spacial score (nSPS) is 20.5. The van der Waals surface area contributed by atoms with Crippen LogP contribution in [-0.4, -0.2) is 25.0 Å². The molecule has 2 aliphatic rings. The SMILES string of the molecule is C(=Nc1ccccc1)C1CCCC1[PH+]1N(c2ccccc2)CCN1c1ccccc1.[CH3-].[Cl][Pd+]. The topological polar surface area (TPSA) is 18.8 Å². The van der Waals surface area contributed by atoms with E-state index in [0.29, 0.717) is 11.6 Å². The van der Waals surface area contributed by atoms with Gasteiger partial charge in [0.25, 0.3) is 0 Å². The van der Waals surface area contributed by atoms with E-state index in [1.807, 2.05) is 0 Å². The van der Waals surface area contributed by atoms with Gasteiger partial charge in [0.1, 0.15) is 5.66 Å². The minimum absolute atomic E-state index is 0. The van der Waals surface area contributed by atoms with Crippen molar-refractivity contribution in [3.63, 3.8) is 0 Å². The van der Waals surface area contributed by atoms with Gasteiger partial charge in [0.15, 0.2) is 8.22 Å². The van der Waals surface area contributed by atoms with Crippen LogP contribution in [0.3, 0.4) is 0 Å². The molecular formula is C27H32ClN3PPd+. The van der Waals surface area contributed by atoms with Crippen LogP contribution in [0.2, 0.25) is 0 Å². The molecule has 3 aromatic rings. The molecule has 176 valence electrons. The number of anilines is 2. The molecule has 1 aliphatic heterocycles. The van der Waals surface area contributed by atoms with Crippen molar-refractivity contribution in [3.05, 3.63) is 98.4 Å². The molecule has 0 aromatic heterocycles. The second-order valence-corrected chi connectivity index (χ2v) is 10.7. The second kappa shape index (κ2) is 13.3. The first kappa shape index (κ1) is 25.9. The Morgan fingerprint density at radius 3 is 1.76 bits per heavy atom. The number of para-hydroxylation sites is 3. The Morgan fingerprint density at radius 2 is 1.24 bits per heavy atom. The summed E-state index contributed by atoms with van der Waals surface area (Å²) in [7, 11) is 3.54. The van der Waals surface area contributed by atoms with Crippen molar-refractivity contribution < 1.29 is 18.2 Å². The van der Waals surface area contributed by atoms with Crippen molar-refractivity contribution in [2.24, 2.45) is 10.9 Å². The van der Waals surface area contributed by atoms with Gasteiger partial charge in [-0.05, 0) is 55.7 Å². The summed E-state index contributed by atoms with van der Waals surface area (Å²) < 4.78 is 5.44. The van der Waals surface area contributed by atoms with Crippen LogP contribution in [0.4, 0.5) is 17.1 Å². The molecule has 3 nitrogen and oxygen atoms in total. The van der Waals surface area contributed by atoms with Gasteiger partial charge in [0.05, 0.1) is 30.2 Å². The molecular weight excluding hydrogens is 539 g/mol. The third-order valence-corrected chi connectivity index (χ3v) is 9.76. The standard InChI is InChI=1S/C26H28N3P.CH3.ClH.Pd/c1-4-12-23(13-5-1)27-21-22-11-10-18-26(22)30-28(24-14-6-2-7-15-24)19-20-29(30)25-16-8-3-9-17-25;;;/h1-9,12-17,21-22,26H,10-11,18-20H2;1H3;1H;/q;-1;;+2. The number of hydrogen-bond donors (Lipinski definition) is 0. The molecule has 6 heteroatoms. The first-order valence-electron chi connectivity index (χ1n) is 11.1. The minimum atomic E-state index is -0.947. The summed E-state index contributed by atoms with van der Waals surface area (Å²) in [4.78, 5) is 4.86. The van der Waals surface area contributed by atoms with E-state index in [-0.39, 0.29) is 7.43 Å². The van der Waals surface area contributed by atoms with Crippen LogP contribution < -0.4 is 9.34 Å².